The van der Waals surface area contributed by atoms with E-state index >= 15 is 0 Å². The van der Waals surface area contributed by atoms with Crippen LogP contribution in [0.15, 0.2) is 6.07 Å². The Morgan fingerprint density at radius 3 is 2.39 bits per heavy atom. The van der Waals surface area contributed by atoms with Gasteiger partial charge in [0.15, 0.2) is 6.10 Å². The average molecular weight is 490 g/mol. The molecule has 2 aliphatic carbocycles. The topological polar surface area (TPSA) is 81.7 Å². The van der Waals surface area contributed by atoms with Gasteiger partial charge in [0.05, 0.1) is 12.2 Å². The van der Waals surface area contributed by atoms with Crippen molar-refractivity contribution in [3.05, 3.63) is 37.4 Å². The van der Waals surface area contributed by atoms with Crippen molar-refractivity contribution < 1.29 is 23.9 Å². The number of thiophene rings is 2. The van der Waals surface area contributed by atoms with Crippen molar-refractivity contribution in [1.29, 1.82) is 0 Å². The first-order chi connectivity index (χ1) is 16.0. The number of rotatable bonds is 6. The van der Waals surface area contributed by atoms with Crippen LogP contribution in [0.2, 0.25) is 0 Å². The Bertz CT molecular complexity index is 1010. The summed E-state index contributed by atoms with van der Waals surface area (Å²) in [6.07, 6.45) is 9.42. The second-order valence-corrected chi connectivity index (χ2v) is 10.9. The number of fused-ring (bicyclic) bond motifs is 2. The molecule has 1 unspecified atom stereocenters. The lowest BCUT2D eigenvalue weighted by molar-refractivity contribution is -0.123. The lowest BCUT2D eigenvalue weighted by Crippen LogP contribution is -2.30. The molecular formula is C25H31NO5S2. The highest BCUT2D eigenvalue weighted by Crippen LogP contribution is 2.38. The van der Waals surface area contributed by atoms with Crippen LogP contribution in [0.1, 0.15) is 93.3 Å². The fourth-order valence-corrected chi connectivity index (χ4v) is 6.92. The van der Waals surface area contributed by atoms with Gasteiger partial charge in [0.1, 0.15) is 9.88 Å². The van der Waals surface area contributed by atoms with Gasteiger partial charge in [-0.15, -0.1) is 22.7 Å². The molecule has 0 saturated heterocycles. The van der Waals surface area contributed by atoms with E-state index in [0.29, 0.717) is 15.4 Å². The number of nitrogens with one attached hydrogen (secondary N) is 1. The fraction of sp³-hybridized carbons (Fsp3) is 0.560. The Labute approximate surface area is 202 Å². The van der Waals surface area contributed by atoms with Crippen molar-refractivity contribution in [2.24, 2.45) is 0 Å². The number of carbonyl (C=O) groups excluding carboxylic acids is 3. The number of amides is 1. The number of esters is 2. The zero-order valence-electron chi connectivity index (χ0n) is 19.3. The predicted molar refractivity (Wildman–Crippen MR) is 131 cm³/mol. The molecule has 1 amide bonds. The predicted octanol–water partition coefficient (Wildman–Crippen LogP) is 5.71. The molecule has 2 aliphatic rings. The minimum atomic E-state index is -0.976. The lowest BCUT2D eigenvalue weighted by Gasteiger charge is -2.14. The molecule has 2 aromatic rings. The minimum Gasteiger partial charge on any atom is -0.462 e. The van der Waals surface area contributed by atoms with Crippen molar-refractivity contribution in [3.63, 3.8) is 0 Å². The van der Waals surface area contributed by atoms with Crippen molar-refractivity contribution >= 4 is 45.5 Å². The third kappa shape index (κ3) is 5.49. The highest BCUT2D eigenvalue weighted by atomic mass is 32.1. The van der Waals surface area contributed by atoms with Crippen molar-refractivity contribution in [2.45, 2.75) is 84.2 Å². The van der Waals surface area contributed by atoms with Crippen LogP contribution in [0.5, 0.6) is 0 Å². The van der Waals surface area contributed by atoms with Gasteiger partial charge in [-0.1, -0.05) is 12.8 Å². The van der Waals surface area contributed by atoms with Crippen LogP contribution in [0.3, 0.4) is 0 Å². The molecule has 4 rings (SSSR count). The highest BCUT2D eigenvalue weighted by Gasteiger charge is 2.28. The number of aryl methyl sites for hydroxylation is 3. The molecule has 33 heavy (non-hydrogen) atoms. The first-order valence-corrected chi connectivity index (χ1v) is 13.6. The minimum absolute atomic E-state index is 0.273. The maximum atomic E-state index is 12.9. The zero-order valence-corrected chi connectivity index (χ0v) is 20.9. The molecule has 0 fully saturated rings. The molecule has 0 aliphatic heterocycles. The van der Waals surface area contributed by atoms with E-state index in [-0.39, 0.29) is 6.61 Å². The zero-order chi connectivity index (χ0) is 23.4. The summed E-state index contributed by atoms with van der Waals surface area (Å²) in [5.41, 5.74) is 2.70. The quantitative estimate of drug-likeness (QED) is 0.526. The van der Waals surface area contributed by atoms with E-state index in [1.807, 2.05) is 6.07 Å². The van der Waals surface area contributed by atoms with Gasteiger partial charge in [-0.2, -0.15) is 0 Å². The van der Waals surface area contributed by atoms with Gasteiger partial charge < -0.3 is 14.8 Å². The smallest absolute Gasteiger partial charge is 0.349 e. The summed E-state index contributed by atoms with van der Waals surface area (Å²) in [6, 6.07) is 1.91. The Balaban J connectivity index is 1.48. The normalized spacial score (nSPS) is 16.5. The van der Waals surface area contributed by atoms with Crippen LogP contribution >= 0.6 is 22.7 Å². The van der Waals surface area contributed by atoms with E-state index in [9.17, 15) is 14.4 Å². The molecule has 0 spiro atoms. The van der Waals surface area contributed by atoms with Gasteiger partial charge in [0.25, 0.3) is 5.91 Å². The summed E-state index contributed by atoms with van der Waals surface area (Å²) < 4.78 is 10.8. The van der Waals surface area contributed by atoms with E-state index in [1.165, 1.54) is 39.5 Å². The maximum Gasteiger partial charge on any atom is 0.349 e. The number of hydrogen-bond acceptors (Lipinski definition) is 7. The van der Waals surface area contributed by atoms with Gasteiger partial charge in [-0.3, -0.25) is 4.79 Å². The maximum absolute atomic E-state index is 12.9. The van der Waals surface area contributed by atoms with Crippen LogP contribution in [-0.2, 0) is 40.0 Å². The van der Waals surface area contributed by atoms with E-state index in [0.717, 1.165) is 68.2 Å². The molecule has 2 aromatic heterocycles. The summed E-state index contributed by atoms with van der Waals surface area (Å²) in [6.45, 7) is 3.61. The molecule has 0 aromatic carbocycles. The first kappa shape index (κ1) is 24.0. The number of hydrogen-bond donors (Lipinski definition) is 1. The molecule has 6 nitrogen and oxygen atoms in total. The largest absolute Gasteiger partial charge is 0.462 e. The summed E-state index contributed by atoms with van der Waals surface area (Å²) >= 11 is 2.92. The molecule has 0 saturated carbocycles. The van der Waals surface area contributed by atoms with E-state index in [4.69, 9.17) is 9.47 Å². The molecule has 0 bridgehead atoms. The van der Waals surface area contributed by atoms with Gasteiger partial charge in [0.2, 0.25) is 0 Å². The van der Waals surface area contributed by atoms with Crippen LogP contribution in [0, 0.1) is 0 Å². The van der Waals surface area contributed by atoms with Gasteiger partial charge >= 0.3 is 11.9 Å². The summed E-state index contributed by atoms with van der Waals surface area (Å²) in [4.78, 5) is 41.3. The van der Waals surface area contributed by atoms with Crippen LogP contribution in [0.25, 0.3) is 0 Å². The van der Waals surface area contributed by atoms with Crippen molar-refractivity contribution in [1.82, 2.24) is 0 Å². The Morgan fingerprint density at radius 2 is 1.64 bits per heavy atom. The standard InChI is InChI=1S/C25H31NO5S2/c1-3-30-25(29)21-17-11-6-4-5-7-13-19(17)33-23(21)26-22(27)15(2)31-24(28)20-14-16-10-8-9-12-18(16)32-20/h14-15H,3-13H2,1-2H3,(H,26,27). The van der Waals surface area contributed by atoms with E-state index in [2.05, 4.69) is 5.32 Å². The number of carbonyl (C=O) groups is 3. The third-order valence-electron chi connectivity index (χ3n) is 6.24. The Morgan fingerprint density at radius 1 is 0.939 bits per heavy atom. The molecule has 0 radical (unpaired) electrons. The Kier molecular flexibility index (Phi) is 7.86. The second-order valence-electron chi connectivity index (χ2n) is 8.65. The van der Waals surface area contributed by atoms with Crippen LogP contribution < -0.4 is 5.32 Å². The summed E-state index contributed by atoms with van der Waals surface area (Å²) in [5.74, 6) is -1.31. The van der Waals surface area contributed by atoms with E-state index in [1.54, 1.807) is 13.8 Å². The third-order valence-corrected chi connectivity index (χ3v) is 8.66. The Hall–Kier alpha value is -2.19. The van der Waals surface area contributed by atoms with E-state index < -0.39 is 23.9 Å². The molecule has 1 N–H and O–H groups in total. The highest BCUT2D eigenvalue weighted by molar-refractivity contribution is 7.17. The van der Waals surface area contributed by atoms with Gasteiger partial charge in [-0.25, -0.2) is 9.59 Å². The average Bonchev–Trinajstić information content (AvgIpc) is 3.35. The number of ether oxygens (including phenoxy) is 2. The van der Waals surface area contributed by atoms with Crippen LogP contribution in [-0.4, -0.2) is 30.6 Å². The first-order valence-electron chi connectivity index (χ1n) is 11.9. The molecule has 2 heterocycles. The van der Waals surface area contributed by atoms with Gasteiger partial charge in [0, 0.05) is 9.75 Å². The molecule has 178 valence electrons. The fourth-order valence-electron chi connectivity index (χ4n) is 4.50. The lowest BCUT2D eigenvalue weighted by atomic mass is 9.96. The summed E-state index contributed by atoms with van der Waals surface area (Å²) in [5, 5.41) is 3.36. The van der Waals surface area contributed by atoms with Gasteiger partial charge in [-0.05, 0) is 82.4 Å². The molecule has 1 atom stereocenters. The van der Waals surface area contributed by atoms with Crippen molar-refractivity contribution in [2.75, 3.05) is 11.9 Å². The summed E-state index contributed by atoms with van der Waals surface area (Å²) in [7, 11) is 0. The number of anilines is 1. The molecule has 8 heteroatoms. The monoisotopic (exact) mass is 489 g/mol. The van der Waals surface area contributed by atoms with Crippen molar-refractivity contribution in [3.8, 4) is 0 Å². The van der Waals surface area contributed by atoms with Crippen LogP contribution in [0.4, 0.5) is 5.00 Å². The second kappa shape index (κ2) is 10.8. The SMILES string of the molecule is CCOC(=O)c1c(NC(=O)C(C)OC(=O)c2cc3c(s2)CCCC3)sc2c1CCCCCC2. The molecular weight excluding hydrogens is 458 g/mol.